The van der Waals surface area contributed by atoms with E-state index in [9.17, 15) is 17.6 Å². The minimum Gasteiger partial charge on any atom is -0.492 e. The van der Waals surface area contributed by atoms with Crippen molar-refractivity contribution in [1.29, 1.82) is 0 Å². The molecule has 0 fully saturated rings. The maximum absolute atomic E-state index is 12.8. The molecular weight excluding hydrogens is 499 g/mol. The van der Waals surface area contributed by atoms with Crippen LogP contribution in [0.25, 0.3) is 0 Å². The second-order valence-electron chi connectivity index (χ2n) is 5.25. The van der Waals surface area contributed by atoms with E-state index in [4.69, 9.17) is 4.74 Å². The Bertz CT molecular complexity index is 737. The van der Waals surface area contributed by atoms with Gasteiger partial charge in [0.15, 0.2) is 11.7 Å². The van der Waals surface area contributed by atoms with Gasteiger partial charge in [0.25, 0.3) is 0 Å². The molecule has 0 atom stereocenters. The number of hydrogen-bond donors (Lipinski definition) is 1. The van der Waals surface area contributed by atoms with Crippen molar-refractivity contribution < 1.29 is 22.3 Å². The highest BCUT2D eigenvalue weighted by atomic mass is 127. The summed E-state index contributed by atoms with van der Waals surface area (Å²) in [6.45, 7) is 0.942. The first-order valence-corrected chi connectivity index (χ1v) is 8.49. The van der Waals surface area contributed by atoms with Crippen LogP contribution in [0.4, 0.5) is 17.6 Å². The van der Waals surface area contributed by atoms with E-state index in [2.05, 4.69) is 15.3 Å². The lowest BCUT2D eigenvalue weighted by molar-refractivity contribution is -0.140. The Balaban J connectivity index is 0.00000364. The largest absolute Gasteiger partial charge is 0.492 e. The van der Waals surface area contributed by atoms with Gasteiger partial charge in [-0.1, -0.05) is 0 Å². The molecule has 1 aromatic carbocycles. The highest BCUT2D eigenvalue weighted by molar-refractivity contribution is 14.0. The Kier molecular flexibility index (Phi) is 9.22. The van der Waals surface area contributed by atoms with Crippen LogP contribution in [0.5, 0.6) is 5.75 Å². The van der Waals surface area contributed by atoms with Gasteiger partial charge in [-0.05, 0) is 24.3 Å². The molecule has 0 spiro atoms. The summed E-state index contributed by atoms with van der Waals surface area (Å²) in [5.41, 5.74) is -0.893. The van der Waals surface area contributed by atoms with Crippen LogP contribution in [0.3, 0.4) is 0 Å². The van der Waals surface area contributed by atoms with Gasteiger partial charge in [-0.25, -0.2) is 9.37 Å². The highest BCUT2D eigenvalue weighted by Gasteiger charge is 2.33. The number of halogens is 5. The average molecular weight is 518 g/mol. The summed E-state index contributed by atoms with van der Waals surface area (Å²) in [5, 5.41) is 4.26. The second kappa shape index (κ2) is 10.6. The minimum atomic E-state index is -4.44. The van der Waals surface area contributed by atoms with Crippen LogP contribution in [-0.2, 0) is 12.7 Å². The van der Waals surface area contributed by atoms with Crippen LogP contribution in [0.2, 0.25) is 0 Å². The molecule has 0 aliphatic carbocycles. The molecule has 0 saturated carbocycles. The first-order valence-electron chi connectivity index (χ1n) is 7.61. The lowest BCUT2D eigenvalue weighted by Crippen LogP contribution is -2.40. The Labute approximate surface area is 175 Å². The van der Waals surface area contributed by atoms with Gasteiger partial charge in [-0.2, -0.15) is 13.2 Å². The lowest BCUT2D eigenvalue weighted by Gasteiger charge is -2.21. The van der Waals surface area contributed by atoms with Crippen molar-refractivity contribution in [3.05, 3.63) is 46.2 Å². The number of nitrogens with zero attached hydrogens (tertiary/aromatic N) is 3. The molecule has 150 valence electrons. The van der Waals surface area contributed by atoms with Crippen molar-refractivity contribution >= 4 is 41.3 Å². The molecule has 0 bridgehead atoms. The Morgan fingerprint density at radius 2 is 1.96 bits per heavy atom. The third-order valence-electron chi connectivity index (χ3n) is 3.32. The summed E-state index contributed by atoms with van der Waals surface area (Å²) in [6.07, 6.45) is -4.44. The van der Waals surface area contributed by atoms with Crippen LogP contribution < -0.4 is 10.1 Å². The number of nitrogens with one attached hydrogen (secondary N) is 1. The Hall–Kier alpha value is -1.63. The number of hydrogen-bond acceptors (Lipinski definition) is 4. The predicted molar refractivity (Wildman–Crippen MR) is 107 cm³/mol. The number of aliphatic imine (C=N–C) groups is 1. The van der Waals surface area contributed by atoms with Gasteiger partial charge in [0.1, 0.15) is 23.2 Å². The van der Waals surface area contributed by atoms with Gasteiger partial charge in [0.2, 0.25) is 0 Å². The molecule has 0 aliphatic rings. The standard InChI is InChI=1S/C16H18F4N4OS.HI/c1-21-15(22-9-14-23-13(10-26-14)16(18,19)20)24(2)7-8-25-12-5-3-11(17)4-6-12;/h3-6,10H,7-9H2,1-2H3,(H,21,22);1H. The molecule has 0 radical (unpaired) electrons. The molecule has 2 rings (SSSR count). The van der Waals surface area contributed by atoms with E-state index in [1.807, 2.05) is 0 Å². The van der Waals surface area contributed by atoms with Crippen molar-refractivity contribution in [1.82, 2.24) is 15.2 Å². The van der Waals surface area contributed by atoms with Crippen LogP contribution in [0.1, 0.15) is 10.7 Å². The van der Waals surface area contributed by atoms with E-state index in [1.165, 1.54) is 24.3 Å². The van der Waals surface area contributed by atoms with Crippen molar-refractivity contribution in [2.45, 2.75) is 12.7 Å². The molecular formula is C16H19F4IN4OS. The van der Waals surface area contributed by atoms with E-state index < -0.39 is 11.9 Å². The average Bonchev–Trinajstić information content (AvgIpc) is 3.06. The van der Waals surface area contributed by atoms with Gasteiger partial charge >= 0.3 is 6.18 Å². The maximum Gasteiger partial charge on any atom is 0.434 e. The third-order valence-corrected chi connectivity index (χ3v) is 4.17. The van der Waals surface area contributed by atoms with E-state index in [0.29, 0.717) is 29.9 Å². The normalized spacial score (nSPS) is 11.7. The number of likely N-dealkylation sites (N-methyl/N-ethyl adjacent to an activating group) is 1. The fraction of sp³-hybridized carbons (Fsp3) is 0.375. The first kappa shape index (κ1) is 23.4. The summed E-state index contributed by atoms with van der Waals surface area (Å²) in [6, 6.07) is 5.68. The molecule has 0 saturated heterocycles. The van der Waals surface area contributed by atoms with Crippen LogP contribution in [0, 0.1) is 5.82 Å². The fourth-order valence-corrected chi connectivity index (χ4v) is 2.74. The Morgan fingerprint density at radius 3 is 2.52 bits per heavy atom. The molecule has 2 aromatic rings. The Morgan fingerprint density at radius 1 is 1.30 bits per heavy atom. The zero-order chi connectivity index (χ0) is 19.2. The number of alkyl halides is 3. The van der Waals surface area contributed by atoms with Gasteiger partial charge < -0.3 is 15.0 Å². The quantitative estimate of drug-likeness (QED) is 0.272. The second-order valence-corrected chi connectivity index (χ2v) is 6.19. The van der Waals surface area contributed by atoms with Gasteiger partial charge in [0.05, 0.1) is 13.1 Å². The molecule has 0 amide bonds. The topological polar surface area (TPSA) is 49.8 Å². The fourth-order valence-electron chi connectivity index (χ4n) is 2.00. The summed E-state index contributed by atoms with van der Waals surface area (Å²) in [4.78, 5) is 9.40. The molecule has 5 nitrogen and oxygen atoms in total. The number of guanidine groups is 1. The number of rotatable bonds is 6. The zero-order valence-corrected chi connectivity index (χ0v) is 17.7. The van der Waals surface area contributed by atoms with Gasteiger partial charge in [-0.15, -0.1) is 35.3 Å². The predicted octanol–water partition coefficient (Wildman–Crippen LogP) is 4.01. The van der Waals surface area contributed by atoms with Gasteiger partial charge in [0, 0.05) is 19.5 Å². The summed E-state index contributed by atoms with van der Waals surface area (Å²) < 4.78 is 56.0. The minimum absolute atomic E-state index is 0. The SMILES string of the molecule is CN=C(NCc1nc(C(F)(F)F)cs1)N(C)CCOc1ccc(F)cc1.I. The maximum atomic E-state index is 12.8. The van der Waals surface area contributed by atoms with Crippen LogP contribution >= 0.6 is 35.3 Å². The van der Waals surface area contributed by atoms with Crippen molar-refractivity contribution in [3.63, 3.8) is 0 Å². The lowest BCUT2D eigenvalue weighted by atomic mass is 10.3. The number of thiazole rings is 1. The van der Waals surface area contributed by atoms with Crippen molar-refractivity contribution in [2.75, 3.05) is 27.2 Å². The van der Waals surface area contributed by atoms with Crippen molar-refractivity contribution in [3.8, 4) is 5.75 Å². The van der Waals surface area contributed by atoms with E-state index in [-0.39, 0.29) is 36.3 Å². The van der Waals surface area contributed by atoms with E-state index in [1.54, 1.807) is 19.0 Å². The monoisotopic (exact) mass is 518 g/mol. The van der Waals surface area contributed by atoms with E-state index >= 15 is 0 Å². The van der Waals surface area contributed by atoms with E-state index in [0.717, 1.165) is 16.7 Å². The molecule has 11 heteroatoms. The molecule has 1 N–H and O–H groups in total. The molecule has 1 aromatic heterocycles. The zero-order valence-electron chi connectivity index (χ0n) is 14.6. The third kappa shape index (κ3) is 7.48. The first-order chi connectivity index (χ1) is 12.3. The number of benzene rings is 1. The summed E-state index contributed by atoms with van der Waals surface area (Å²) in [7, 11) is 3.34. The highest BCUT2D eigenvalue weighted by Crippen LogP contribution is 2.29. The van der Waals surface area contributed by atoms with Gasteiger partial charge in [-0.3, -0.25) is 4.99 Å². The van der Waals surface area contributed by atoms with Crippen molar-refractivity contribution in [2.24, 2.45) is 4.99 Å². The molecule has 0 unspecified atom stereocenters. The molecule has 1 heterocycles. The number of aromatic nitrogens is 1. The summed E-state index contributed by atoms with van der Waals surface area (Å²) in [5.74, 6) is 0.705. The number of ether oxygens (including phenoxy) is 1. The van der Waals surface area contributed by atoms with Crippen LogP contribution in [0.15, 0.2) is 34.6 Å². The summed E-state index contributed by atoms with van der Waals surface area (Å²) >= 11 is 0.934. The smallest absolute Gasteiger partial charge is 0.434 e. The molecule has 0 aliphatic heterocycles. The molecule has 27 heavy (non-hydrogen) atoms. The van der Waals surface area contributed by atoms with Crippen LogP contribution in [-0.4, -0.2) is 43.1 Å².